The van der Waals surface area contributed by atoms with Gasteiger partial charge in [0.1, 0.15) is 11.6 Å². The normalized spacial score (nSPS) is 20.6. The van der Waals surface area contributed by atoms with Gasteiger partial charge in [0.2, 0.25) is 5.91 Å². The summed E-state index contributed by atoms with van der Waals surface area (Å²) in [6.07, 6.45) is -0.411. The van der Waals surface area contributed by atoms with Crippen molar-refractivity contribution in [3.63, 3.8) is 0 Å². The highest BCUT2D eigenvalue weighted by molar-refractivity contribution is 5.86. The quantitative estimate of drug-likeness (QED) is 0.821. The molecular formula is C22H34N4O3. The van der Waals surface area contributed by atoms with E-state index >= 15 is 0 Å². The molecule has 3 rings (SSSR count). The molecule has 0 spiro atoms. The van der Waals surface area contributed by atoms with Crippen LogP contribution in [0.5, 0.6) is 0 Å². The van der Waals surface area contributed by atoms with Gasteiger partial charge in [0.15, 0.2) is 0 Å². The Labute approximate surface area is 174 Å². The number of hydrogen-bond acceptors (Lipinski definition) is 5. The van der Waals surface area contributed by atoms with Crippen LogP contribution in [0.3, 0.4) is 0 Å². The van der Waals surface area contributed by atoms with Crippen molar-refractivity contribution >= 4 is 17.7 Å². The molecule has 0 aliphatic carbocycles. The van der Waals surface area contributed by atoms with Crippen molar-refractivity contribution in [2.45, 2.75) is 46.3 Å². The van der Waals surface area contributed by atoms with Gasteiger partial charge in [-0.15, -0.1) is 0 Å². The first-order chi connectivity index (χ1) is 13.7. The Bertz CT molecular complexity index is 751. The number of benzene rings is 1. The second-order valence-electron chi connectivity index (χ2n) is 9.00. The molecule has 0 bridgehead atoms. The standard InChI is InChI=1S/C22H34N4O3/c1-16-6-7-17(2)18(14-16)24-10-12-25(13-11-24)20(27)19-15-23-8-9-26(19)21(28)29-22(3,4)5/h6-7,14,19,23H,8-13,15H2,1-5H3. The number of carbonyl (C=O) groups is 2. The zero-order valence-electron chi connectivity index (χ0n) is 18.3. The van der Waals surface area contributed by atoms with E-state index in [1.54, 1.807) is 4.90 Å². The third kappa shape index (κ3) is 5.21. The number of hydrogen-bond donors (Lipinski definition) is 1. The molecule has 0 aromatic heterocycles. The summed E-state index contributed by atoms with van der Waals surface area (Å²) in [7, 11) is 0. The zero-order valence-corrected chi connectivity index (χ0v) is 18.3. The molecule has 0 saturated carbocycles. The minimum Gasteiger partial charge on any atom is -0.444 e. The van der Waals surface area contributed by atoms with E-state index in [2.05, 4.69) is 42.3 Å². The number of nitrogens with one attached hydrogen (secondary N) is 1. The van der Waals surface area contributed by atoms with Crippen molar-refractivity contribution in [2.24, 2.45) is 0 Å². The molecule has 1 aromatic carbocycles. The van der Waals surface area contributed by atoms with Crippen molar-refractivity contribution in [3.05, 3.63) is 29.3 Å². The van der Waals surface area contributed by atoms with Crippen molar-refractivity contribution in [3.8, 4) is 0 Å². The number of ether oxygens (including phenoxy) is 1. The largest absolute Gasteiger partial charge is 0.444 e. The Hall–Kier alpha value is -2.28. The summed E-state index contributed by atoms with van der Waals surface area (Å²) in [6, 6.07) is 5.97. The van der Waals surface area contributed by atoms with Crippen LogP contribution in [-0.4, -0.2) is 79.3 Å². The molecule has 2 aliphatic rings. The minimum atomic E-state index is -0.577. The predicted molar refractivity (Wildman–Crippen MR) is 114 cm³/mol. The van der Waals surface area contributed by atoms with Gasteiger partial charge < -0.3 is 19.9 Å². The molecule has 1 atom stereocenters. The van der Waals surface area contributed by atoms with Crippen LogP contribution < -0.4 is 10.2 Å². The van der Waals surface area contributed by atoms with Crippen LogP contribution in [0, 0.1) is 13.8 Å². The lowest BCUT2D eigenvalue weighted by atomic mass is 10.1. The molecule has 7 nitrogen and oxygen atoms in total. The lowest BCUT2D eigenvalue weighted by Crippen LogP contribution is -2.62. The Morgan fingerprint density at radius 1 is 1.07 bits per heavy atom. The number of anilines is 1. The molecule has 2 aliphatic heterocycles. The summed E-state index contributed by atoms with van der Waals surface area (Å²) < 4.78 is 5.52. The van der Waals surface area contributed by atoms with Gasteiger partial charge in [0, 0.05) is 51.5 Å². The summed E-state index contributed by atoms with van der Waals surface area (Å²) in [5, 5.41) is 3.24. The molecule has 1 N–H and O–H groups in total. The summed E-state index contributed by atoms with van der Waals surface area (Å²) in [6.45, 7) is 14.3. The summed E-state index contributed by atoms with van der Waals surface area (Å²) >= 11 is 0. The third-order valence-corrected chi connectivity index (χ3v) is 5.45. The smallest absolute Gasteiger partial charge is 0.411 e. The van der Waals surface area contributed by atoms with Gasteiger partial charge in [-0.1, -0.05) is 12.1 Å². The lowest BCUT2D eigenvalue weighted by molar-refractivity contribution is -0.137. The average molecular weight is 403 g/mol. The van der Waals surface area contributed by atoms with Crippen LogP contribution in [0.2, 0.25) is 0 Å². The molecule has 2 fully saturated rings. The van der Waals surface area contributed by atoms with Crippen LogP contribution in [0.4, 0.5) is 10.5 Å². The summed E-state index contributed by atoms with van der Waals surface area (Å²) in [5.74, 6) is 0.00340. The monoisotopic (exact) mass is 402 g/mol. The Kier molecular flexibility index (Phi) is 6.36. The molecule has 160 valence electrons. The molecule has 2 saturated heterocycles. The van der Waals surface area contributed by atoms with Crippen LogP contribution in [0.15, 0.2) is 18.2 Å². The van der Waals surface area contributed by atoms with E-state index in [0.29, 0.717) is 32.7 Å². The van der Waals surface area contributed by atoms with Crippen LogP contribution in [0.25, 0.3) is 0 Å². The SMILES string of the molecule is Cc1ccc(C)c(N2CCN(C(=O)C3CNCCN3C(=O)OC(C)(C)C)CC2)c1. The van der Waals surface area contributed by atoms with Gasteiger partial charge in [-0.05, 0) is 51.8 Å². The fraction of sp³-hybridized carbons (Fsp3) is 0.636. The van der Waals surface area contributed by atoms with Crippen molar-refractivity contribution in [1.29, 1.82) is 0 Å². The van der Waals surface area contributed by atoms with Crippen LogP contribution in [-0.2, 0) is 9.53 Å². The Morgan fingerprint density at radius 3 is 2.41 bits per heavy atom. The van der Waals surface area contributed by atoms with Gasteiger partial charge in [-0.3, -0.25) is 9.69 Å². The fourth-order valence-corrected chi connectivity index (χ4v) is 3.90. The second-order valence-corrected chi connectivity index (χ2v) is 9.00. The molecule has 7 heteroatoms. The minimum absolute atomic E-state index is 0.00340. The highest BCUT2D eigenvalue weighted by atomic mass is 16.6. The van der Waals surface area contributed by atoms with E-state index in [-0.39, 0.29) is 5.91 Å². The van der Waals surface area contributed by atoms with E-state index in [1.807, 2.05) is 25.7 Å². The molecule has 2 heterocycles. The van der Waals surface area contributed by atoms with E-state index in [4.69, 9.17) is 4.74 Å². The molecule has 2 amide bonds. The van der Waals surface area contributed by atoms with Crippen molar-refractivity contribution < 1.29 is 14.3 Å². The van der Waals surface area contributed by atoms with Crippen molar-refractivity contribution in [1.82, 2.24) is 15.1 Å². The topological polar surface area (TPSA) is 65.1 Å². The lowest BCUT2D eigenvalue weighted by Gasteiger charge is -2.42. The number of amides is 2. The van der Waals surface area contributed by atoms with Crippen molar-refractivity contribution in [2.75, 3.05) is 50.7 Å². The number of carbonyl (C=O) groups excluding carboxylic acids is 2. The molecule has 1 unspecified atom stereocenters. The maximum absolute atomic E-state index is 13.2. The number of piperazine rings is 2. The first-order valence-corrected chi connectivity index (χ1v) is 10.5. The summed E-state index contributed by atoms with van der Waals surface area (Å²) in [4.78, 5) is 31.6. The predicted octanol–water partition coefficient (Wildman–Crippen LogP) is 2.16. The highest BCUT2D eigenvalue weighted by Crippen LogP contribution is 2.23. The highest BCUT2D eigenvalue weighted by Gasteiger charge is 2.37. The molecule has 1 aromatic rings. The van der Waals surface area contributed by atoms with E-state index in [0.717, 1.165) is 13.1 Å². The Morgan fingerprint density at radius 2 is 1.76 bits per heavy atom. The first-order valence-electron chi connectivity index (χ1n) is 10.5. The van der Waals surface area contributed by atoms with Gasteiger partial charge in [-0.2, -0.15) is 0 Å². The Balaban J connectivity index is 1.64. The maximum atomic E-state index is 13.2. The van der Waals surface area contributed by atoms with E-state index < -0.39 is 17.7 Å². The number of aryl methyl sites for hydroxylation is 2. The first kappa shape index (κ1) is 21.4. The number of rotatable bonds is 2. The van der Waals surface area contributed by atoms with Gasteiger partial charge in [0.05, 0.1) is 0 Å². The molecular weight excluding hydrogens is 368 g/mol. The van der Waals surface area contributed by atoms with Gasteiger partial charge in [-0.25, -0.2) is 4.79 Å². The zero-order chi connectivity index (χ0) is 21.2. The third-order valence-electron chi connectivity index (χ3n) is 5.45. The average Bonchev–Trinajstić information content (AvgIpc) is 2.68. The van der Waals surface area contributed by atoms with E-state index in [9.17, 15) is 9.59 Å². The summed E-state index contributed by atoms with van der Waals surface area (Å²) in [5.41, 5.74) is 3.16. The van der Waals surface area contributed by atoms with Gasteiger partial charge >= 0.3 is 6.09 Å². The van der Waals surface area contributed by atoms with E-state index in [1.165, 1.54) is 16.8 Å². The second kappa shape index (κ2) is 8.61. The van der Waals surface area contributed by atoms with Crippen LogP contribution >= 0.6 is 0 Å². The van der Waals surface area contributed by atoms with Crippen LogP contribution in [0.1, 0.15) is 31.9 Å². The fourth-order valence-electron chi connectivity index (χ4n) is 3.90. The molecule has 0 radical (unpaired) electrons. The molecule has 29 heavy (non-hydrogen) atoms. The maximum Gasteiger partial charge on any atom is 0.411 e. The number of nitrogens with zero attached hydrogens (tertiary/aromatic N) is 3. The van der Waals surface area contributed by atoms with Gasteiger partial charge in [0.25, 0.3) is 0 Å².